The Labute approximate surface area is 279 Å². The fourth-order valence-corrected chi connectivity index (χ4v) is 6.28. The predicted octanol–water partition coefficient (Wildman–Crippen LogP) is 5.85. The van der Waals surface area contributed by atoms with Gasteiger partial charge in [0.25, 0.3) is 11.8 Å². The Bertz CT molecular complexity index is 1740. The van der Waals surface area contributed by atoms with E-state index in [2.05, 4.69) is 27.2 Å². The molecule has 4 heterocycles. The number of likely N-dealkylation sites (tertiary alicyclic amines) is 1. The van der Waals surface area contributed by atoms with Crippen LogP contribution in [0.5, 0.6) is 0 Å². The van der Waals surface area contributed by atoms with Crippen LogP contribution in [0.25, 0.3) is 22.2 Å². The van der Waals surface area contributed by atoms with E-state index in [-0.39, 0.29) is 5.91 Å². The number of H-pyrrole nitrogens is 1. The van der Waals surface area contributed by atoms with Crippen molar-refractivity contribution >= 4 is 28.7 Å². The van der Waals surface area contributed by atoms with E-state index < -0.39 is 30.7 Å². The average molecular weight is 663 g/mol. The number of anilines is 1. The lowest BCUT2D eigenvalue weighted by Gasteiger charge is -2.36. The van der Waals surface area contributed by atoms with Crippen LogP contribution in [0.1, 0.15) is 56.7 Å². The maximum Gasteiger partial charge on any atom is 0.410 e. The molecule has 0 radical (unpaired) electrons. The van der Waals surface area contributed by atoms with Crippen LogP contribution in [0.3, 0.4) is 0 Å². The second-order valence-electron chi connectivity index (χ2n) is 13.9. The molecule has 2 aliphatic heterocycles. The molecule has 0 aliphatic carbocycles. The minimum absolute atomic E-state index is 0.256. The Morgan fingerprint density at radius 3 is 2.44 bits per heavy atom. The van der Waals surface area contributed by atoms with E-state index in [1.165, 1.54) is 17.5 Å². The normalized spacial score (nSPS) is 18.0. The zero-order valence-corrected chi connectivity index (χ0v) is 28.0. The number of carbonyl (C=O) groups excluding carboxylic acids is 2. The Balaban J connectivity index is 1.00. The largest absolute Gasteiger partial charge is 0.444 e. The van der Waals surface area contributed by atoms with Crippen molar-refractivity contribution in [3.8, 4) is 11.1 Å². The minimum Gasteiger partial charge on any atom is -0.444 e. The summed E-state index contributed by atoms with van der Waals surface area (Å²) in [6.45, 7) is 9.85. The van der Waals surface area contributed by atoms with Gasteiger partial charge in [-0.15, -0.1) is 0 Å². The summed E-state index contributed by atoms with van der Waals surface area (Å²) in [5.41, 5.74) is 3.69. The summed E-state index contributed by atoms with van der Waals surface area (Å²) < 4.78 is 36.7. The Morgan fingerprint density at radius 2 is 1.75 bits per heavy atom. The number of benzene rings is 2. The summed E-state index contributed by atoms with van der Waals surface area (Å²) in [5, 5.41) is 7.12. The summed E-state index contributed by atoms with van der Waals surface area (Å²) >= 11 is 0. The number of rotatable bonds is 9. The van der Waals surface area contributed by atoms with Crippen LogP contribution in [0.2, 0.25) is 0 Å². The SMILES string of the molecule is C[C@H]1CCCN1Cc1nc2ccc(NC(=O)c3ccc(-c4cnn(CC(F)(F)CN5CCN(C(=O)OC(C)(C)C)CC5)c4)cc3)cc2[nH]1. The first-order valence-electron chi connectivity index (χ1n) is 16.6. The van der Waals surface area contributed by atoms with Gasteiger partial charge in [-0.2, -0.15) is 5.10 Å². The quantitative estimate of drug-likeness (QED) is 0.231. The third-order valence-electron chi connectivity index (χ3n) is 8.82. The van der Waals surface area contributed by atoms with E-state index in [1.54, 1.807) is 67.2 Å². The number of aromatic amines is 1. The first-order valence-corrected chi connectivity index (χ1v) is 16.6. The van der Waals surface area contributed by atoms with E-state index in [4.69, 9.17) is 9.72 Å². The molecular formula is C35H44F2N8O3. The van der Waals surface area contributed by atoms with E-state index >= 15 is 8.78 Å². The molecule has 1 atom stereocenters. The highest BCUT2D eigenvalue weighted by Crippen LogP contribution is 2.25. The number of nitrogens with zero attached hydrogens (tertiary/aromatic N) is 6. The molecule has 0 bridgehead atoms. The number of hydrogen-bond donors (Lipinski definition) is 2. The van der Waals surface area contributed by atoms with E-state index in [0.29, 0.717) is 49.0 Å². The predicted molar refractivity (Wildman–Crippen MR) is 180 cm³/mol. The van der Waals surface area contributed by atoms with Gasteiger partial charge in [0.2, 0.25) is 0 Å². The third-order valence-corrected chi connectivity index (χ3v) is 8.82. The van der Waals surface area contributed by atoms with Gasteiger partial charge in [-0.25, -0.2) is 18.6 Å². The van der Waals surface area contributed by atoms with Gasteiger partial charge in [-0.3, -0.25) is 19.3 Å². The van der Waals surface area contributed by atoms with Gasteiger partial charge in [0.15, 0.2) is 0 Å². The van der Waals surface area contributed by atoms with Gasteiger partial charge in [0, 0.05) is 55.2 Å². The zero-order valence-electron chi connectivity index (χ0n) is 28.0. The molecule has 2 N–H and O–H groups in total. The first kappa shape index (κ1) is 33.5. The molecule has 256 valence electrons. The molecule has 11 nitrogen and oxygen atoms in total. The molecule has 0 spiro atoms. The minimum atomic E-state index is -3.02. The summed E-state index contributed by atoms with van der Waals surface area (Å²) in [5.74, 6) is -2.36. The molecule has 13 heteroatoms. The number of carbonyl (C=O) groups is 2. The molecule has 0 saturated carbocycles. The van der Waals surface area contributed by atoms with Gasteiger partial charge < -0.3 is 19.9 Å². The van der Waals surface area contributed by atoms with Crippen molar-refractivity contribution in [3.05, 3.63) is 66.2 Å². The van der Waals surface area contributed by atoms with Crippen molar-refractivity contribution in [1.82, 2.24) is 34.4 Å². The van der Waals surface area contributed by atoms with Crippen LogP contribution in [0.15, 0.2) is 54.9 Å². The summed E-state index contributed by atoms with van der Waals surface area (Å²) in [7, 11) is 0. The van der Waals surface area contributed by atoms with Crippen LogP contribution >= 0.6 is 0 Å². The van der Waals surface area contributed by atoms with Gasteiger partial charge in [0.05, 0.1) is 30.3 Å². The van der Waals surface area contributed by atoms with Gasteiger partial charge in [0.1, 0.15) is 18.0 Å². The average Bonchev–Trinajstić information content (AvgIpc) is 3.76. The molecule has 2 aliphatic rings. The lowest BCUT2D eigenvalue weighted by Crippen LogP contribution is -2.52. The summed E-state index contributed by atoms with van der Waals surface area (Å²) in [4.78, 5) is 39.1. The number of piperazine rings is 1. The second-order valence-corrected chi connectivity index (χ2v) is 13.9. The number of halogens is 2. The van der Waals surface area contributed by atoms with Crippen molar-refractivity contribution in [2.45, 2.75) is 71.2 Å². The Kier molecular flexibility index (Phi) is 9.53. The van der Waals surface area contributed by atoms with Crippen molar-refractivity contribution in [2.75, 3.05) is 44.6 Å². The molecular weight excluding hydrogens is 618 g/mol. The molecule has 2 saturated heterocycles. The number of ether oxygens (including phenoxy) is 1. The number of hydrogen-bond acceptors (Lipinski definition) is 7. The molecule has 2 amide bonds. The maximum absolute atomic E-state index is 15.0. The number of nitrogens with one attached hydrogen (secondary N) is 2. The number of alkyl halides is 2. The summed E-state index contributed by atoms with van der Waals surface area (Å²) in [6.07, 6.45) is 5.13. The van der Waals surface area contributed by atoms with Gasteiger partial charge in [-0.1, -0.05) is 12.1 Å². The fraction of sp³-hybridized carbons (Fsp3) is 0.486. The number of imidazole rings is 1. The summed E-state index contributed by atoms with van der Waals surface area (Å²) in [6, 6.07) is 13.2. The zero-order chi connectivity index (χ0) is 34.1. The standard InChI is InChI=1S/C35H44F2N8O3/c1-24-6-5-13-44(24)21-31-40-29-12-11-28(18-30(29)41-31)39-32(46)26-9-7-25(8-10-26)27-19-38-45(20-27)23-35(36,37)22-42-14-16-43(17-15-42)33(47)48-34(2,3)4/h7-12,18-20,24H,5-6,13-17,21-23H2,1-4H3,(H,39,46)(H,40,41)/t24-/m0/s1. The van der Waals surface area contributed by atoms with Gasteiger partial charge >= 0.3 is 6.09 Å². The van der Waals surface area contributed by atoms with Crippen LogP contribution in [0.4, 0.5) is 19.3 Å². The number of amides is 2. The van der Waals surface area contributed by atoms with Crippen molar-refractivity contribution < 1.29 is 23.1 Å². The van der Waals surface area contributed by atoms with Crippen LogP contribution < -0.4 is 5.32 Å². The highest BCUT2D eigenvalue weighted by Gasteiger charge is 2.35. The molecule has 0 unspecified atom stereocenters. The lowest BCUT2D eigenvalue weighted by atomic mass is 10.1. The third kappa shape index (κ3) is 8.37. The fourth-order valence-electron chi connectivity index (χ4n) is 6.28. The molecule has 2 fully saturated rings. The highest BCUT2D eigenvalue weighted by atomic mass is 19.3. The molecule has 48 heavy (non-hydrogen) atoms. The van der Waals surface area contributed by atoms with E-state index in [1.807, 2.05) is 18.2 Å². The molecule has 2 aromatic heterocycles. The second kappa shape index (κ2) is 13.6. The Hall–Kier alpha value is -4.36. The highest BCUT2D eigenvalue weighted by molar-refractivity contribution is 6.05. The molecule has 2 aromatic carbocycles. The smallest absolute Gasteiger partial charge is 0.410 e. The first-order chi connectivity index (χ1) is 22.8. The Morgan fingerprint density at radius 1 is 1.00 bits per heavy atom. The van der Waals surface area contributed by atoms with Gasteiger partial charge in [-0.05, 0) is 83.0 Å². The van der Waals surface area contributed by atoms with E-state index in [9.17, 15) is 9.59 Å². The molecule has 6 rings (SSSR count). The van der Waals surface area contributed by atoms with E-state index in [0.717, 1.165) is 35.5 Å². The number of fused-ring (bicyclic) bond motifs is 1. The van der Waals surface area contributed by atoms with Crippen LogP contribution in [0, 0.1) is 0 Å². The molecule has 4 aromatic rings. The monoisotopic (exact) mass is 662 g/mol. The number of aromatic nitrogens is 4. The van der Waals surface area contributed by atoms with Crippen LogP contribution in [-0.2, 0) is 17.8 Å². The topological polar surface area (TPSA) is 112 Å². The lowest BCUT2D eigenvalue weighted by molar-refractivity contribution is -0.0576. The van der Waals surface area contributed by atoms with Crippen molar-refractivity contribution in [2.24, 2.45) is 0 Å². The maximum atomic E-state index is 15.0. The van der Waals surface area contributed by atoms with Crippen molar-refractivity contribution in [1.29, 1.82) is 0 Å². The van der Waals surface area contributed by atoms with Crippen LogP contribution in [-0.4, -0.2) is 103 Å². The van der Waals surface area contributed by atoms with Crippen molar-refractivity contribution in [3.63, 3.8) is 0 Å².